The Morgan fingerprint density at radius 2 is 2.20 bits per heavy atom. The molecule has 0 bridgehead atoms. The molecular formula is C7H16N2O. The molecule has 0 amide bonds. The average molecular weight is 144 g/mol. The maximum atomic E-state index is 5.86. The van der Waals surface area contributed by atoms with Crippen molar-refractivity contribution in [1.82, 2.24) is 5.32 Å². The maximum Gasteiger partial charge on any atom is 0.0754 e. The van der Waals surface area contributed by atoms with Gasteiger partial charge in [-0.3, -0.25) is 0 Å². The van der Waals surface area contributed by atoms with E-state index in [1.807, 2.05) is 0 Å². The van der Waals surface area contributed by atoms with Crippen LogP contribution in [0, 0.1) is 0 Å². The molecule has 3 nitrogen and oxygen atoms in total. The van der Waals surface area contributed by atoms with Gasteiger partial charge in [0.25, 0.3) is 0 Å². The zero-order valence-corrected chi connectivity index (χ0v) is 6.68. The van der Waals surface area contributed by atoms with E-state index in [0.29, 0.717) is 19.3 Å². The van der Waals surface area contributed by atoms with Crippen LogP contribution in [-0.4, -0.2) is 31.3 Å². The topological polar surface area (TPSA) is 47.3 Å². The molecule has 1 rings (SSSR count). The van der Waals surface area contributed by atoms with Crippen molar-refractivity contribution < 1.29 is 4.74 Å². The van der Waals surface area contributed by atoms with Crippen molar-refractivity contribution in [2.75, 3.05) is 19.8 Å². The molecule has 0 atom stereocenters. The summed E-state index contributed by atoms with van der Waals surface area (Å²) in [5.74, 6) is 0. The molecule has 0 radical (unpaired) electrons. The van der Waals surface area contributed by atoms with E-state index in [4.69, 9.17) is 10.5 Å². The van der Waals surface area contributed by atoms with Gasteiger partial charge in [-0.15, -0.1) is 0 Å². The van der Waals surface area contributed by atoms with Gasteiger partial charge in [-0.2, -0.15) is 0 Å². The Labute approximate surface area is 61.9 Å². The Hall–Kier alpha value is -0.120. The monoisotopic (exact) mass is 144 g/mol. The van der Waals surface area contributed by atoms with E-state index in [1.54, 1.807) is 0 Å². The van der Waals surface area contributed by atoms with Crippen molar-refractivity contribution in [3.8, 4) is 0 Å². The summed E-state index contributed by atoms with van der Waals surface area (Å²) in [5, 5.41) is 3.28. The molecular weight excluding hydrogens is 128 g/mol. The van der Waals surface area contributed by atoms with Gasteiger partial charge in [-0.1, -0.05) is 13.8 Å². The highest BCUT2D eigenvalue weighted by Gasteiger charge is 2.33. The molecule has 1 fully saturated rings. The van der Waals surface area contributed by atoms with Gasteiger partial charge in [-0.05, 0) is 0 Å². The van der Waals surface area contributed by atoms with Crippen molar-refractivity contribution in [3.05, 3.63) is 0 Å². The van der Waals surface area contributed by atoms with E-state index in [2.05, 4.69) is 19.2 Å². The van der Waals surface area contributed by atoms with E-state index in [0.717, 1.165) is 6.54 Å². The van der Waals surface area contributed by atoms with Crippen LogP contribution >= 0.6 is 0 Å². The van der Waals surface area contributed by atoms with E-state index < -0.39 is 0 Å². The molecule has 0 aromatic heterocycles. The summed E-state index contributed by atoms with van der Waals surface area (Å²) in [6.45, 7) is 6.50. The van der Waals surface area contributed by atoms with E-state index in [-0.39, 0.29) is 5.54 Å². The lowest BCUT2D eigenvalue weighted by Gasteiger charge is -2.38. The minimum absolute atomic E-state index is 0.0791. The summed E-state index contributed by atoms with van der Waals surface area (Å²) in [6.07, 6.45) is 0. The minimum Gasteiger partial charge on any atom is -0.377 e. The quantitative estimate of drug-likeness (QED) is 0.572. The Morgan fingerprint density at radius 1 is 1.60 bits per heavy atom. The van der Waals surface area contributed by atoms with Crippen molar-refractivity contribution in [3.63, 3.8) is 0 Å². The summed E-state index contributed by atoms with van der Waals surface area (Å²) < 4.78 is 5.01. The summed E-state index contributed by atoms with van der Waals surface area (Å²) in [4.78, 5) is 0. The van der Waals surface area contributed by atoms with Crippen LogP contribution in [0.2, 0.25) is 0 Å². The highest BCUT2D eigenvalue weighted by atomic mass is 16.5. The summed E-state index contributed by atoms with van der Waals surface area (Å²) in [7, 11) is 0. The predicted octanol–water partition coefficient (Wildman–Crippen LogP) is -0.288. The molecule has 1 aliphatic rings. The normalized spacial score (nSPS) is 22.8. The first-order valence-electron chi connectivity index (χ1n) is 3.72. The molecule has 0 aromatic carbocycles. The fraction of sp³-hybridized carbons (Fsp3) is 1.00. The van der Waals surface area contributed by atoms with E-state index in [1.165, 1.54) is 0 Å². The zero-order chi connectivity index (χ0) is 7.61. The van der Waals surface area contributed by atoms with Crippen LogP contribution < -0.4 is 11.1 Å². The molecule has 3 N–H and O–H groups in total. The first kappa shape index (κ1) is 7.98. The number of hydrogen-bond donors (Lipinski definition) is 2. The summed E-state index contributed by atoms with van der Waals surface area (Å²) >= 11 is 0. The Bertz CT molecular complexity index is 110. The van der Waals surface area contributed by atoms with Gasteiger partial charge in [0.1, 0.15) is 0 Å². The average Bonchev–Trinajstić information content (AvgIpc) is 1.79. The second kappa shape index (κ2) is 2.86. The third kappa shape index (κ3) is 1.94. The highest BCUT2D eigenvalue weighted by molar-refractivity contribution is 4.92. The SMILES string of the molecule is CC(C)NCC1(N)COC1. The van der Waals surface area contributed by atoms with Crippen LogP contribution in [0.4, 0.5) is 0 Å². The lowest BCUT2D eigenvalue weighted by atomic mass is 9.99. The van der Waals surface area contributed by atoms with Gasteiger partial charge in [0.15, 0.2) is 0 Å². The molecule has 1 heterocycles. The first-order valence-corrected chi connectivity index (χ1v) is 3.72. The number of ether oxygens (including phenoxy) is 1. The lowest BCUT2D eigenvalue weighted by Crippen LogP contribution is -2.63. The molecule has 0 saturated carbocycles. The van der Waals surface area contributed by atoms with Crippen molar-refractivity contribution >= 4 is 0 Å². The maximum absolute atomic E-state index is 5.86. The van der Waals surface area contributed by atoms with Gasteiger partial charge in [0, 0.05) is 12.6 Å². The summed E-state index contributed by atoms with van der Waals surface area (Å²) in [5.41, 5.74) is 5.78. The fourth-order valence-electron chi connectivity index (χ4n) is 0.874. The highest BCUT2D eigenvalue weighted by Crippen LogP contribution is 2.11. The third-order valence-corrected chi connectivity index (χ3v) is 1.64. The fourth-order valence-corrected chi connectivity index (χ4v) is 0.874. The van der Waals surface area contributed by atoms with Crippen molar-refractivity contribution in [2.24, 2.45) is 5.73 Å². The van der Waals surface area contributed by atoms with E-state index >= 15 is 0 Å². The van der Waals surface area contributed by atoms with E-state index in [9.17, 15) is 0 Å². The van der Waals surface area contributed by atoms with Gasteiger partial charge < -0.3 is 15.8 Å². The number of nitrogens with two attached hydrogens (primary N) is 1. The Kier molecular flexibility index (Phi) is 2.28. The molecule has 10 heavy (non-hydrogen) atoms. The van der Waals surface area contributed by atoms with Gasteiger partial charge >= 0.3 is 0 Å². The van der Waals surface area contributed by atoms with Crippen molar-refractivity contribution in [2.45, 2.75) is 25.4 Å². The molecule has 0 aromatic rings. The van der Waals surface area contributed by atoms with Crippen LogP contribution in [0.3, 0.4) is 0 Å². The van der Waals surface area contributed by atoms with Gasteiger partial charge in [-0.25, -0.2) is 0 Å². The lowest BCUT2D eigenvalue weighted by molar-refractivity contribution is -0.0527. The Morgan fingerprint density at radius 3 is 2.50 bits per heavy atom. The van der Waals surface area contributed by atoms with Crippen LogP contribution in [0.15, 0.2) is 0 Å². The van der Waals surface area contributed by atoms with Crippen LogP contribution in [0.5, 0.6) is 0 Å². The summed E-state index contributed by atoms with van der Waals surface area (Å²) in [6, 6.07) is 0.515. The molecule has 1 aliphatic heterocycles. The standard InChI is InChI=1S/C7H16N2O/c1-6(2)9-3-7(8)4-10-5-7/h6,9H,3-5,8H2,1-2H3. The van der Waals surface area contributed by atoms with Gasteiger partial charge in [0.05, 0.1) is 18.8 Å². The number of rotatable bonds is 3. The molecule has 0 spiro atoms. The predicted molar refractivity (Wildman–Crippen MR) is 40.9 cm³/mol. The second-order valence-electron chi connectivity index (χ2n) is 3.39. The third-order valence-electron chi connectivity index (χ3n) is 1.64. The number of hydrogen-bond acceptors (Lipinski definition) is 3. The zero-order valence-electron chi connectivity index (χ0n) is 6.68. The minimum atomic E-state index is -0.0791. The molecule has 3 heteroatoms. The van der Waals surface area contributed by atoms with Crippen LogP contribution in [0.25, 0.3) is 0 Å². The van der Waals surface area contributed by atoms with Crippen LogP contribution in [0.1, 0.15) is 13.8 Å². The Balaban J connectivity index is 2.12. The second-order valence-corrected chi connectivity index (χ2v) is 3.39. The smallest absolute Gasteiger partial charge is 0.0754 e. The first-order chi connectivity index (χ1) is 4.62. The number of nitrogens with one attached hydrogen (secondary N) is 1. The van der Waals surface area contributed by atoms with Gasteiger partial charge in [0.2, 0.25) is 0 Å². The largest absolute Gasteiger partial charge is 0.377 e. The molecule has 60 valence electrons. The molecule has 0 unspecified atom stereocenters. The molecule has 0 aliphatic carbocycles. The molecule has 1 saturated heterocycles. The van der Waals surface area contributed by atoms with Crippen molar-refractivity contribution in [1.29, 1.82) is 0 Å². The van der Waals surface area contributed by atoms with Crippen LogP contribution in [-0.2, 0) is 4.74 Å².